The van der Waals surface area contributed by atoms with E-state index in [1.54, 1.807) is 6.92 Å². The van der Waals surface area contributed by atoms with Gasteiger partial charge in [0.15, 0.2) is 0 Å². The van der Waals surface area contributed by atoms with Crippen LogP contribution in [0, 0.1) is 0 Å². The molecule has 0 spiro atoms. The number of carbonyl (C=O) groups excluding carboxylic acids is 1. The highest BCUT2D eigenvalue weighted by Gasteiger charge is 2.16. The van der Waals surface area contributed by atoms with Gasteiger partial charge >= 0.3 is 5.97 Å². The number of benzene rings is 1. The lowest BCUT2D eigenvalue weighted by atomic mass is 10.2. The summed E-state index contributed by atoms with van der Waals surface area (Å²) in [5.41, 5.74) is 7.47. The van der Waals surface area contributed by atoms with Crippen LogP contribution in [0.1, 0.15) is 29.8 Å². The molecule has 2 N–H and O–H groups in total. The van der Waals surface area contributed by atoms with Crippen molar-refractivity contribution in [2.75, 3.05) is 12.3 Å². The van der Waals surface area contributed by atoms with Crippen molar-refractivity contribution in [1.82, 2.24) is 4.98 Å². The van der Waals surface area contributed by atoms with Crippen molar-refractivity contribution < 1.29 is 14.3 Å². The fourth-order valence-corrected chi connectivity index (χ4v) is 1.81. The fourth-order valence-electron chi connectivity index (χ4n) is 1.81. The monoisotopic (exact) mass is 286 g/mol. The van der Waals surface area contributed by atoms with E-state index in [-0.39, 0.29) is 18.1 Å². The van der Waals surface area contributed by atoms with Gasteiger partial charge in [0.25, 0.3) is 0 Å². The maximum Gasteiger partial charge on any atom is 0.343 e. The number of ether oxygens (including phenoxy) is 2. The second-order valence-electron chi connectivity index (χ2n) is 4.44. The maximum absolute atomic E-state index is 11.9. The van der Waals surface area contributed by atoms with Crippen molar-refractivity contribution in [3.8, 4) is 11.6 Å². The summed E-state index contributed by atoms with van der Waals surface area (Å²) < 4.78 is 10.6. The van der Waals surface area contributed by atoms with E-state index in [0.717, 1.165) is 6.42 Å². The number of aromatic nitrogens is 1. The van der Waals surface area contributed by atoms with E-state index in [0.29, 0.717) is 11.4 Å². The largest absolute Gasteiger partial charge is 0.462 e. The lowest BCUT2D eigenvalue weighted by Crippen LogP contribution is -2.08. The number of nitrogens with zero attached hydrogens (tertiary/aromatic N) is 1. The van der Waals surface area contributed by atoms with Crippen LogP contribution in [0.15, 0.2) is 36.5 Å². The zero-order valence-electron chi connectivity index (χ0n) is 12.1. The summed E-state index contributed by atoms with van der Waals surface area (Å²) in [6.07, 6.45) is 2.40. The number of nitrogen functional groups attached to an aromatic ring is 1. The number of pyridine rings is 1. The third-order valence-electron chi connectivity index (χ3n) is 2.91. The van der Waals surface area contributed by atoms with E-state index in [9.17, 15) is 4.79 Å². The van der Waals surface area contributed by atoms with E-state index in [1.807, 2.05) is 24.3 Å². The summed E-state index contributed by atoms with van der Waals surface area (Å²) in [6, 6.07) is 9.12. The predicted octanol–water partition coefficient (Wildman–Crippen LogP) is 3.20. The van der Waals surface area contributed by atoms with Gasteiger partial charge in [-0.25, -0.2) is 9.78 Å². The highest BCUT2D eigenvalue weighted by Crippen LogP contribution is 2.25. The normalized spacial score (nSPS) is 10.2. The van der Waals surface area contributed by atoms with Gasteiger partial charge < -0.3 is 15.2 Å². The lowest BCUT2D eigenvalue weighted by molar-refractivity contribution is 0.0523. The van der Waals surface area contributed by atoms with Crippen molar-refractivity contribution in [3.63, 3.8) is 0 Å². The molecule has 0 saturated carbocycles. The third-order valence-corrected chi connectivity index (χ3v) is 2.91. The van der Waals surface area contributed by atoms with Crippen LogP contribution in [0.2, 0.25) is 0 Å². The Morgan fingerprint density at radius 2 is 1.95 bits per heavy atom. The van der Waals surface area contributed by atoms with Gasteiger partial charge in [-0.1, -0.05) is 19.1 Å². The summed E-state index contributed by atoms with van der Waals surface area (Å²) in [7, 11) is 0. The molecular formula is C16H18N2O3. The van der Waals surface area contributed by atoms with Gasteiger partial charge in [0.2, 0.25) is 5.88 Å². The summed E-state index contributed by atoms with van der Waals surface area (Å²) in [5, 5.41) is 0. The van der Waals surface area contributed by atoms with Crippen LogP contribution in [-0.4, -0.2) is 17.6 Å². The van der Waals surface area contributed by atoms with E-state index in [2.05, 4.69) is 11.9 Å². The molecule has 0 saturated heterocycles. The van der Waals surface area contributed by atoms with Crippen LogP contribution < -0.4 is 10.5 Å². The Morgan fingerprint density at radius 3 is 2.57 bits per heavy atom. The molecule has 21 heavy (non-hydrogen) atoms. The average molecular weight is 286 g/mol. The number of esters is 1. The molecule has 0 bridgehead atoms. The van der Waals surface area contributed by atoms with Crippen LogP contribution in [-0.2, 0) is 11.2 Å². The Labute approximate surface area is 123 Å². The smallest absolute Gasteiger partial charge is 0.343 e. The molecule has 0 radical (unpaired) electrons. The molecule has 0 fully saturated rings. The molecule has 2 aromatic rings. The number of rotatable bonds is 5. The van der Waals surface area contributed by atoms with Crippen LogP contribution in [0.3, 0.4) is 0 Å². The predicted molar refractivity (Wildman–Crippen MR) is 80.5 cm³/mol. The Morgan fingerprint density at radius 1 is 1.24 bits per heavy atom. The van der Waals surface area contributed by atoms with E-state index in [1.165, 1.54) is 17.8 Å². The Hall–Kier alpha value is -2.56. The van der Waals surface area contributed by atoms with Crippen LogP contribution >= 0.6 is 0 Å². The number of hydrogen-bond acceptors (Lipinski definition) is 5. The number of anilines is 1. The van der Waals surface area contributed by atoms with Crippen molar-refractivity contribution in [3.05, 3.63) is 47.7 Å². The summed E-state index contributed by atoms with van der Waals surface area (Å²) in [4.78, 5) is 16.0. The van der Waals surface area contributed by atoms with Crippen molar-refractivity contribution >= 4 is 11.7 Å². The van der Waals surface area contributed by atoms with Crippen LogP contribution in [0.4, 0.5) is 5.69 Å². The van der Waals surface area contributed by atoms with Crippen LogP contribution in [0.5, 0.6) is 11.6 Å². The van der Waals surface area contributed by atoms with E-state index < -0.39 is 5.97 Å². The maximum atomic E-state index is 11.9. The molecule has 1 aromatic heterocycles. The molecule has 0 amide bonds. The molecule has 5 nitrogen and oxygen atoms in total. The first-order chi connectivity index (χ1) is 10.1. The first-order valence-corrected chi connectivity index (χ1v) is 6.83. The second kappa shape index (κ2) is 6.74. The third kappa shape index (κ3) is 3.72. The molecule has 0 atom stereocenters. The summed E-state index contributed by atoms with van der Waals surface area (Å²) >= 11 is 0. The van der Waals surface area contributed by atoms with Crippen molar-refractivity contribution in [1.29, 1.82) is 0 Å². The molecular weight excluding hydrogens is 268 g/mol. The topological polar surface area (TPSA) is 74.4 Å². The highest BCUT2D eigenvalue weighted by atomic mass is 16.5. The minimum absolute atomic E-state index is 0.187. The first-order valence-electron chi connectivity index (χ1n) is 6.83. The number of nitrogens with two attached hydrogens (primary N) is 1. The Balaban J connectivity index is 2.27. The van der Waals surface area contributed by atoms with E-state index >= 15 is 0 Å². The minimum atomic E-state index is -0.502. The molecule has 0 unspecified atom stereocenters. The van der Waals surface area contributed by atoms with E-state index in [4.69, 9.17) is 15.2 Å². The fraction of sp³-hybridized carbons (Fsp3) is 0.250. The zero-order valence-corrected chi connectivity index (χ0v) is 12.1. The molecule has 2 rings (SSSR count). The second-order valence-corrected chi connectivity index (χ2v) is 4.44. The Bertz CT molecular complexity index is 624. The molecule has 1 aromatic carbocycles. The number of carbonyl (C=O) groups is 1. The van der Waals surface area contributed by atoms with Gasteiger partial charge in [0, 0.05) is 0 Å². The average Bonchev–Trinajstić information content (AvgIpc) is 2.50. The van der Waals surface area contributed by atoms with Crippen molar-refractivity contribution in [2.45, 2.75) is 20.3 Å². The van der Waals surface area contributed by atoms with Gasteiger partial charge in [0.05, 0.1) is 18.5 Å². The summed E-state index contributed by atoms with van der Waals surface area (Å²) in [6.45, 7) is 4.09. The molecule has 0 aliphatic rings. The number of aryl methyl sites for hydroxylation is 1. The molecule has 5 heteroatoms. The van der Waals surface area contributed by atoms with Gasteiger partial charge in [0.1, 0.15) is 11.3 Å². The standard InChI is InChI=1S/C16H18N2O3/c1-3-11-5-7-13(8-6-11)21-15-14(16(19)20-4-2)9-12(17)10-18-15/h5-10H,3-4,17H2,1-2H3. The van der Waals surface area contributed by atoms with Gasteiger partial charge in [-0.15, -0.1) is 0 Å². The molecule has 0 aliphatic heterocycles. The SMILES string of the molecule is CCOC(=O)c1cc(N)cnc1Oc1ccc(CC)cc1. The summed E-state index contributed by atoms with van der Waals surface area (Å²) in [5.74, 6) is 0.291. The van der Waals surface area contributed by atoms with Crippen molar-refractivity contribution in [2.24, 2.45) is 0 Å². The minimum Gasteiger partial charge on any atom is -0.462 e. The number of hydrogen-bond donors (Lipinski definition) is 1. The molecule has 0 aliphatic carbocycles. The Kier molecular flexibility index (Phi) is 4.77. The quantitative estimate of drug-likeness (QED) is 0.854. The van der Waals surface area contributed by atoms with Gasteiger partial charge in [-0.2, -0.15) is 0 Å². The van der Waals surface area contributed by atoms with Gasteiger partial charge in [-0.3, -0.25) is 0 Å². The van der Waals surface area contributed by atoms with Crippen LogP contribution in [0.25, 0.3) is 0 Å². The highest BCUT2D eigenvalue weighted by molar-refractivity contribution is 5.92. The molecule has 1 heterocycles. The first kappa shape index (κ1) is 14.8. The zero-order chi connectivity index (χ0) is 15.2. The van der Waals surface area contributed by atoms with Gasteiger partial charge in [-0.05, 0) is 37.1 Å². The molecule has 110 valence electrons. The lowest BCUT2D eigenvalue weighted by Gasteiger charge is -2.10.